The Morgan fingerprint density at radius 1 is 0.960 bits per heavy atom. The number of thioether (sulfide) groups is 1. The van der Waals surface area contributed by atoms with Crippen molar-refractivity contribution in [3.8, 4) is 11.3 Å². The van der Waals surface area contributed by atoms with Crippen molar-refractivity contribution in [1.29, 1.82) is 0 Å². The van der Waals surface area contributed by atoms with E-state index >= 15 is 0 Å². The van der Waals surface area contributed by atoms with E-state index in [0.29, 0.717) is 16.2 Å². The summed E-state index contributed by atoms with van der Waals surface area (Å²) in [6, 6.07) is 17.1. The Kier molecular flexibility index (Phi) is 4.83. The molecular formula is C19H16O4S2. The molecule has 0 radical (unpaired) electrons. The average Bonchev–Trinajstić information content (AvgIpc) is 2.61. The van der Waals surface area contributed by atoms with Crippen molar-refractivity contribution in [2.24, 2.45) is 0 Å². The topological polar surface area (TPSA) is 64.3 Å². The maximum atomic E-state index is 12.9. The van der Waals surface area contributed by atoms with Crippen molar-refractivity contribution in [3.63, 3.8) is 0 Å². The summed E-state index contributed by atoms with van der Waals surface area (Å²) < 4.78 is 31.2. The van der Waals surface area contributed by atoms with Crippen LogP contribution in [-0.2, 0) is 9.84 Å². The molecule has 128 valence electrons. The van der Waals surface area contributed by atoms with E-state index in [2.05, 4.69) is 0 Å². The minimum Gasteiger partial charge on any atom is -0.422 e. The molecule has 0 unspecified atom stereocenters. The number of hydrogen-bond acceptors (Lipinski definition) is 5. The van der Waals surface area contributed by atoms with Crippen LogP contribution in [0, 0.1) is 6.92 Å². The molecule has 1 aromatic heterocycles. The van der Waals surface area contributed by atoms with Crippen LogP contribution in [-0.4, -0.2) is 14.7 Å². The second-order valence-corrected chi connectivity index (χ2v) is 8.21. The Morgan fingerprint density at radius 2 is 1.60 bits per heavy atom. The van der Waals surface area contributed by atoms with E-state index in [1.54, 1.807) is 36.6 Å². The van der Waals surface area contributed by atoms with E-state index in [0.717, 1.165) is 5.56 Å². The normalized spacial score (nSPS) is 11.4. The van der Waals surface area contributed by atoms with Gasteiger partial charge < -0.3 is 4.42 Å². The van der Waals surface area contributed by atoms with Crippen LogP contribution < -0.4 is 5.63 Å². The van der Waals surface area contributed by atoms with E-state index in [4.69, 9.17) is 4.42 Å². The molecule has 0 bridgehead atoms. The summed E-state index contributed by atoms with van der Waals surface area (Å²) >= 11 is 1.20. The van der Waals surface area contributed by atoms with Crippen LogP contribution in [0.1, 0.15) is 5.56 Å². The highest BCUT2D eigenvalue weighted by molar-refractivity contribution is 7.99. The molecule has 0 atom stereocenters. The van der Waals surface area contributed by atoms with Gasteiger partial charge in [0.1, 0.15) is 5.76 Å². The van der Waals surface area contributed by atoms with Gasteiger partial charge in [-0.25, -0.2) is 13.2 Å². The predicted molar refractivity (Wildman–Crippen MR) is 98.8 cm³/mol. The molecule has 0 amide bonds. The lowest BCUT2D eigenvalue weighted by molar-refractivity contribution is 0.494. The molecule has 1 heterocycles. The lowest BCUT2D eigenvalue weighted by atomic mass is 10.2. The zero-order valence-electron chi connectivity index (χ0n) is 13.7. The van der Waals surface area contributed by atoms with Crippen molar-refractivity contribution in [2.45, 2.75) is 21.6 Å². The average molecular weight is 372 g/mol. The third kappa shape index (κ3) is 3.41. The van der Waals surface area contributed by atoms with E-state index < -0.39 is 15.5 Å². The number of sulfone groups is 1. The van der Waals surface area contributed by atoms with Crippen LogP contribution in [0.2, 0.25) is 0 Å². The van der Waals surface area contributed by atoms with E-state index in [9.17, 15) is 13.2 Å². The molecule has 2 aromatic carbocycles. The van der Waals surface area contributed by atoms with Crippen LogP contribution in [0.3, 0.4) is 0 Å². The summed E-state index contributed by atoms with van der Waals surface area (Å²) in [7, 11) is -3.96. The van der Waals surface area contributed by atoms with Crippen molar-refractivity contribution < 1.29 is 12.8 Å². The Labute approximate surface area is 150 Å². The van der Waals surface area contributed by atoms with E-state index in [1.165, 1.54) is 23.9 Å². The fourth-order valence-corrected chi connectivity index (χ4v) is 4.82. The zero-order valence-corrected chi connectivity index (χ0v) is 15.4. The Bertz CT molecular complexity index is 1050. The van der Waals surface area contributed by atoms with Gasteiger partial charge in [0.25, 0.3) is 0 Å². The van der Waals surface area contributed by atoms with Crippen molar-refractivity contribution >= 4 is 21.6 Å². The summed E-state index contributed by atoms with van der Waals surface area (Å²) in [6.45, 7) is 1.87. The van der Waals surface area contributed by atoms with Gasteiger partial charge in [-0.3, -0.25) is 0 Å². The molecule has 0 aliphatic rings. The molecule has 0 aliphatic carbocycles. The van der Waals surface area contributed by atoms with Crippen LogP contribution in [0.5, 0.6) is 0 Å². The molecule has 3 aromatic rings. The van der Waals surface area contributed by atoms with Gasteiger partial charge in [0.2, 0.25) is 9.84 Å². The fourth-order valence-electron chi connectivity index (χ4n) is 2.43. The number of rotatable bonds is 4. The summed E-state index contributed by atoms with van der Waals surface area (Å²) in [4.78, 5) is 12.7. The van der Waals surface area contributed by atoms with Crippen molar-refractivity contribution in [3.05, 3.63) is 76.6 Å². The Morgan fingerprint density at radius 3 is 2.20 bits per heavy atom. The quantitative estimate of drug-likeness (QED) is 0.643. The van der Waals surface area contributed by atoms with Gasteiger partial charge in [0, 0.05) is 10.5 Å². The minimum absolute atomic E-state index is 0.0770. The second kappa shape index (κ2) is 6.90. The van der Waals surface area contributed by atoms with Crippen LogP contribution in [0.25, 0.3) is 11.3 Å². The lowest BCUT2D eigenvalue weighted by Gasteiger charge is -2.10. The summed E-state index contributed by atoms with van der Waals surface area (Å²) in [5.74, 6) is 0.345. The van der Waals surface area contributed by atoms with Crippen LogP contribution in [0.4, 0.5) is 0 Å². The molecule has 0 spiro atoms. The first-order valence-corrected chi connectivity index (χ1v) is 10.2. The summed E-state index contributed by atoms with van der Waals surface area (Å²) in [6.07, 6.45) is 1.73. The molecule has 0 saturated heterocycles. The van der Waals surface area contributed by atoms with Crippen LogP contribution in [0.15, 0.2) is 84.6 Å². The Balaban J connectivity index is 2.20. The highest BCUT2D eigenvalue weighted by Gasteiger charge is 2.27. The lowest BCUT2D eigenvalue weighted by Crippen LogP contribution is -2.16. The first-order valence-electron chi connectivity index (χ1n) is 7.53. The second-order valence-electron chi connectivity index (χ2n) is 5.48. The third-order valence-electron chi connectivity index (χ3n) is 3.75. The molecule has 25 heavy (non-hydrogen) atoms. The van der Waals surface area contributed by atoms with Crippen molar-refractivity contribution in [2.75, 3.05) is 6.26 Å². The predicted octanol–water partition coefficient (Wildman–Crippen LogP) is 4.17. The number of benzene rings is 2. The summed E-state index contributed by atoms with van der Waals surface area (Å²) in [5, 5.41) is 0. The highest BCUT2D eigenvalue weighted by atomic mass is 32.2. The van der Waals surface area contributed by atoms with Gasteiger partial charge in [0.05, 0.1) is 4.90 Å². The van der Waals surface area contributed by atoms with E-state index in [1.807, 2.05) is 25.1 Å². The summed E-state index contributed by atoms with van der Waals surface area (Å²) in [5.41, 5.74) is 0.802. The molecule has 6 heteroatoms. The monoisotopic (exact) mass is 372 g/mol. The molecule has 0 aliphatic heterocycles. The molecule has 4 nitrogen and oxygen atoms in total. The van der Waals surface area contributed by atoms with Crippen LogP contribution >= 0.6 is 11.8 Å². The molecule has 0 fully saturated rings. The molecular weight excluding hydrogens is 356 g/mol. The van der Waals surface area contributed by atoms with Gasteiger partial charge in [-0.1, -0.05) is 48.0 Å². The third-order valence-corrected chi connectivity index (χ3v) is 6.46. The zero-order chi connectivity index (χ0) is 18.0. The number of hydrogen-bond donors (Lipinski definition) is 0. The first-order chi connectivity index (χ1) is 11.9. The largest absolute Gasteiger partial charge is 0.422 e. The van der Waals surface area contributed by atoms with Gasteiger partial charge in [-0.05, 0) is 31.4 Å². The van der Waals surface area contributed by atoms with E-state index in [-0.39, 0.29) is 9.79 Å². The smallest absolute Gasteiger partial charge is 0.356 e. The van der Waals surface area contributed by atoms with Gasteiger partial charge >= 0.3 is 5.63 Å². The highest BCUT2D eigenvalue weighted by Crippen LogP contribution is 2.31. The number of aryl methyl sites for hydroxylation is 1. The minimum atomic E-state index is -3.96. The van der Waals surface area contributed by atoms with Gasteiger partial charge in [0.15, 0.2) is 4.90 Å². The first kappa shape index (κ1) is 17.5. The SMILES string of the molecule is CSc1cc(-c2ccccc2)oc(=O)c1S(=O)(=O)c1ccc(C)cc1. The molecule has 0 N–H and O–H groups in total. The molecule has 0 saturated carbocycles. The Hall–Kier alpha value is -2.31. The standard InChI is InChI=1S/C19H16O4S2/c1-13-8-10-15(11-9-13)25(21,22)18-17(24-2)12-16(23-19(18)20)14-6-4-3-5-7-14/h3-12H,1-2H3. The maximum absolute atomic E-state index is 12.9. The van der Waals surface area contributed by atoms with Gasteiger partial charge in [-0.2, -0.15) is 0 Å². The maximum Gasteiger partial charge on any atom is 0.356 e. The fraction of sp³-hybridized carbons (Fsp3) is 0.105. The van der Waals surface area contributed by atoms with Gasteiger partial charge in [-0.15, -0.1) is 11.8 Å². The van der Waals surface area contributed by atoms with Crippen molar-refractivity contribution in [1.82, 2.24) is 0 Å². The molecule has 3 rings (SSSR count).